The molecule has 0 saturated heterocycles. The molecule has 0 heterocycles. The van der Waals surface area contributed by atoms with E-state index in [0.29, 0.717) is 0 Å². The molecule has 147 valence electrons. The first-order chi connectivity index (χ1) is 13.3. The minimum atomic E-state index is 0. The summed E-state index contributed by atoms with van der Waals surface area (Å²) in [5.41, 5.74) is 11.2. The Morgan fingerprint density at radius 2 is 0.903 bits per heavy atom. The van der Waals surface area contributed by atoms with Crippen molar-refractivity contribution >= 4 is 0 Å². The summed E-state index contributed by atoms with van der Waals surface area (Å²) in [5.74, 6) is 13.2. The maximum Gasteiger partial charge on any atom is 0.0307 e. The monoisotopic (exact) mass is 627 g/mol. The fraction of sp³-hybridized carbons (Fsp3) is 0.214. The Morgan fingerprint density at radius 1 is 0.516 bits per heavy atom. The van der Waals surface area contributed by atoms with Crippen LogP contribution in [-0.4, -0.2) is 0 Å². The molecular formula is C28H24Y3-2. The van der Waals surface area contributed by atoms with Crippen molar-refractivity contribution in [2.24, 2.45) is 0 Å². The Balaban J connectivity index is 0.00000300. The Bertz CT molecular complexity index is 1120. The molecule has 0 bridgehead atoms. The number of hydrogen-bond donors (Lipinski definition) is 0. The van der Waals surface area contributed by atoms with Crippen LogP contribution in [0.1, 0.15) is 55.6 Å². The second-order valence-corrected chi connectivity index (χ2v) is 7.42. The zero-order valence-corrected chi connectivity index (χ0v) is 27.7. The van der Waals surface area contributed by atoms with E-state index in [-0.39, 0.29) is 98.1 Å². The minimum absolute atomic E-state index is 0. The molecular weight excluding hydrogens is 603 g/mol. The number of rotatable bonds is 0. The van der Waals surface area contributed by atoms with Crippen molar-refractivity contribution in [2.45, 2.75) is 41.5 Å². The molecule has 31 heavy (non-hydrogen) atoms. The largest absolute Gasteiger partial charge is 0.355 e. The minimum Gasteiger partial charge on any atom is -0.355 e. The molecule has 3 heteroatoms. The van der Waals surface area contributed by atoms with Gasteiger partial charge in [0.05, 0.1) is 0 Å². The van der Waals surface area contributed by atoms with Crippen molar-refractivity contribution in [3.05, 3.63) is 104 Å². The summed E-state index contributed by atoms with van der Waals surface area (Å²) in [7, 11) is 0. The average Bonchev–Trinajstić information content (AvgIpc) is 2.61. The molecule has 3 aromatic rings. The molecule has 0 aromatic heterocycles. The third-order valence-corrected chi connectivity index (χ3v) is 4.76. The van der Waals surface area contributed by atoms with Crippen molar-refractivity contribution in [3.63, 3.8) is 0 Å². The van der Waals surface area contributed by atoms with Crippen molar-refractivity contribution in [1.82, 2.24) is 0 Å². The Kier molecular flexibility index (Phi) is 14.4. The smallest absolute Gasteiger partial charge is 0.0307 e. The third kappa shape index (κ3) is 8.75. The molecule has 0 fully saturated rings. The number of benzene rings is 3. The summed E-state index contributed by atoms with van der Waals surface area (Å²) < 4.78 is 0. The van der Waals surface area contributed by atoms with Gasteiger partial charge in [-0.2, -0.15) is 5.92 Å². The van der Waals surface area contributed by atoms with E-state index in [1.54, 1.807) is 0 Å². The van der Waals surface area contributed by atoms with Crippen LogP contribution in [0.4, 0.5) is 0 Å². The van der Waals surface area contributed by atoms with Gasteiger partial charge in [0, 0.05) is 115 Å². The number of hydrogen-bond acceptors (Lipinski definition) is 0. The van der Waals surface area contributed by atoms with Crippen LogP contribution in [0.3, 0.4) is 0 Å². The Morgan fingerprint density at radius 3 is 1.35 bits per heavy atom. The van der Waals surface area contributed by atoms with Crippen molar-refractivity contribution in [2.75, 3.05) is 0 Å². The first-order valence-corrected chi connectivity index (χ1v) is 9.46. The fourth-order valence-corrected chi connectivity index (χ4v) is 3.41. The summed E-state index contributed by atoms with van der Waals surface area (Å²) in [5, 5.41) is 0. The van der Waals surface area contributed by atoms with E-state index in [1.165, 1.54) is 16.7 Å². The van der Waals surface area contributed by atoms with E-state index in [9.17, 15) is 0 Å². The van der Waals surface area contributed by atoms with Crippen LogP contribution in [0.5, 0.6) is 0 Å². The maximum absolute atomic E-state index is 3.37. The Labute approximate surface area is 263 Å². The molecule has 0 amide bonds. The van der Waals surface area contributed by atoms with Gasteiger partial charge < -0.3 is 12.1 Å². The van der Waals surface area contributed by atoms with Crippen molar-refractivity contribution < 1.29 is 98.1 Å². The quantitative estimate of drug-likeness (QED) is 0.214. The maximum atomic E-state index is 3.37. The molecule has 0 unspecified atom stereocenters. The third-order valence-electron chi connectivity index (χ3n) is 4.76. The summed E-state index contributed by atoms with van der Waals surface area (Å²) in [6.45, 7) is 12.5. The topological polar surface area (TPSA) is 0 Å². The normalized spacial score (nSPS) is 8.97. The van der Waals surface area contributed by atoms with E-state index < -0.39 is 0 Å². The van der Waals surface area contributed by atoms with Gasteiger partial charge in [0.2, 0.25) is 0 Å². The van der Waals surface area contributed by atoms with E-state index in [4.69, 9.17) is 0 Å². The fourth-order valence-electron chi connectivity index (χ4n) is 3.41. The zero-order chi connectivity index (χ0) is 20.3. The van der Waals surface area contributed by atoms with E-state index in [2.05, 4.69) is 94.7 Å². The van der Waals surface area contributed by atoms with Gasteiger partial charge in [0.1, 0.15) is 0 Å². The van der Waals surface area contributed by atoms with Gasteiger partial charge >= 0.3 is 0 Å². The van der Waals surface area contributed by atoms with Crippen LogP contribution >= 0.6 is 0 Å². The predicted molar refractivity (Wildman–Crippen MR) is 117 cm³/mol. The molecule has 0 nitrogen and oxygen atoms in total. The summed E-state index contributed by atoms with van der Waals surface area (Å²) >= 11 is 0. The van der Waals surface area contributed by atoms with Crippen LogP contribution in [0.25, 0.3) is 0 Å². The first-order valence-electron chi connectivity index (χ1n) is 9.46. The van der Waals surface area contributed by atoms with Gasteiger partial charge in [-0.15, -0.1) is 0 Å². The molecule has 0 aliphatic carbocycles. The van der Waals surface area contributed by atoms with Gasteiger partial charge in [-0.05, 0) is 69.0 Å². The number of aryl methyl sites for hydroxylation is 6. The van der Waals surface area contributed by atoms with Crippen LogP contribution in [0.2, 0.25) is 0 Å². The van der Waals surface area contributed by atoms with Gasteiger partial charge in [-0.25, -0.2) is 5.56 Å². The van der Waals surface area contributed by atoms with Gasteiger partial charge in [0.25, 0.3) is 0 Å². The first kappa shape index (κ1) is 31.1. The Hall–Kier alpha value is 0.0917. The van der Waals surface area contributed by atoms with Crippen LogP contribution in [0, 0.1) is 77.4 Å². The second-order valence-electron chi connectivity index (χ2n) is 7.42. The summed E-state index contributed by atoms with van der Waals surface area (Å²) in [4.78, 5) is 0. The molecule has 0 spiro atoms. The molecule has 0 aliphatic rings. The van der Waals surface area contributed by atoms with Crippen LogP contribution in [0.15, 0.2) is 36.4 Å². The zero-order valence-electron chi connectivity index (χ0n) is 19.2. The van der Waals surface area contributed by atoms with E-state index in [0.717, 1.165) is 38.9 Å². The molecule has 0 N–H and O–H groups in total. The molecule has 0 saturated carbocycles. The van der Waals surface area contributed by atoms with Gasteiger partial charge in [0.15, 0.2) is 0 Å². The van der Waals surface area contributed by atoms with Gasteiger partial charge in [-0.1, -0.05) is 42.4 Å². The van der Waals surface area contributed by atoms with Crippen molar-refractivity contribution in [3.8, 4) is 23.7 Å². The molecule has 3 radical (unpaired) electrons. The second kappa shape index (κ2) is 14.4. The predicted octanol–water partition coefficient (Wildman–Crippen LogP) is 5.93. The van der Waals surface area contributed by atoms with E-state index in [1.807, 2.05) is 19.1 Å². The van der Waals surface area contributed by atoms with Crippen molar-refractivity contribution in [1.29, 1.82) is 0 Å². The average molecular weight is 627 g/mol. The van der Waals surface area contributed by atoms with Crippen LogP contribution in [-0.2, 0) is 98.1 Å². The van der Waals surface area contributed by atoms with Crippen LogP contribution < -0.4 is 0 Å². The molecule has 0 atom stereocenters. The standard InChI is InChI=1S/C28H24.3Y/c1-19-7-9-25(10-8-19)11-13-28-23(5)17-26(18-24(28)6)12-14-27-21(3)15-20(2)16-22(27)4;;;/h9-10,15-18H,1-6H3;;;/q-2;;;. The summed E-state index contributed by atoms with van der Waals surface area (Å²) in [6, 6.07) is 18.7. The molecule has 3 rings (SSSR count). The summed E-state index contributed by atoms with van der Waals surface area (Å²) in [6.07, 6.45) is 0. The molecule has 3 aromatic carbocycles. The van der Waals surface area contributed by atoms with E-state index >= 15 is 0 Å². The SMILES string of the molecule is Cc1[c-]cc(C#Cc2c(C)cc(C#Cc3c(C)cc(C)cc3C)cc2C)c[c-]1.[Y].[Y].[Y]. The van der Waals surface area contributed by atoms with Gasteiger partial charge in [-0.3, -0.25) is 17.7 Å². The molecule has 0 aliphatic heterocycles.